The highest BCUT2D eigenvalue weighted by Gasteiger charge is 2.35. The van der Waals surface area contributed by atoms with Crippen molar-refractivity contribution in [2.75, 3.05) is 6.54 Å². The first-order chi connectivity index (χ1) is 9.76. The van der Waals surface area contributed by atoms with E-state index >= 15 is 0 Å². The van der Waals surface area contributed by atoms with Crippen LogP contribution in [0.4, 0.5) is 0 Å². The number of ether oxygens (including phenoxy) is 1. The number of hydrogen-bond donors (Lipinski definition) is 0. The van der Waals surface area contributed by atoms with Crippen LogP contribution < -0.4 is 0 Å². The van der Waals surface area contributed by atoms with Crippen LogP contribution in [0.3, 0.4) is 0 Å². The number of nitrogens with zero attached hydrogens (tertiary/aromatic N) is 1. The van der Waals surface area contributed by atoms with E-state index in [-0.39, 0.29) is 12.0 Å². The quantitative estimate of drug-likeness (QED) is 0.763. The lowest BCUT2D eigenvalue weighted by molar-refractivity contribution is -0.156. The van der Waals surface area contributed by atoms with Gasteiger partial charge in [0.2, 0.25) is 0 Å². The third-order valence-electron chi connectivity index (χ3n) is 3.60. The fourth-order valence-electron chi connectivity index (χ4n) is 2.44. The summed E-state index contributed by atoms with van der Waals surface area (Å²) in [5.41, 5.74) is 0.741. The van der Waals surface area contributed by atoms with Gasteiger partial charge in [0, 0.05) is 17.1 Å². The summed E-state index contributed by atoms with van der Waals surface area (Å²) in [6.07, 6.45) is 2.31. The first-order valence-electron chi connectivity index (χ1n) is 7.49. The van der Waals surface area contributed by atoms with Crippen LogP contribution in [0.2, 0.25) is 5.02 Å². The second kappa shape index (κ2) is 6.37. The second-order valence-corrected chi connectivity index (χ2v) is 7.15. The van der Waals surface area contributed by atoms with Gasteiger partial charge >= 0.3 is 5.97 Å². The maximum atomic E-state index is 12.1. The molecule has 2 rings (SSSR count). The summed E-state index contributed by atoms with van der Waals surface area (Å²) in [4.78, 5) is 14.3. The van der Waals surface area contributed by atoms with Crippen molar-refractivity contribution in [1.29, 1.82) is 0 Å². The molecule has 0 radical (unpaired) electrons. The minimum atomic E-state index is -0.435. The summed E-state index contributed by atoms with van der Waals surface area (Å²) in [6, 6.07) is 8.51. The Bertz CT molecular complexity index is 489. The fourth-order valence-corrected chi connectivity index (χ4v) is 2.57. The van der Waals surface area contributed by atoms with Crippen LogP contribution in [0.25, 0.3) is 0 Å². The predicted octanol–water partition coefficient (Wildman–Crippen LogP) is 4.21. The summed E-state index contributed by atoms with van der Waals surface area (Å²) in [5.74, 6) is -0.157. The molecule has 0 aliphatic heterocycles. The Labute approximate surface area is 132 Å². The zero-order chi connectivity index (χ0) is 15.6. The van der Waals surface area contributed by atoms with Crippen LogP contribution in [0, 0.1) is 0 Å². The topological polar surface area (TPSA) is 29.5 Å². The van der Waals surface area contributed by atoms with Crippen molar-refractivity contribution in [3.8, 4) is 0 Å². The molecule has 1 unspecified atom stereocenters. The molecule has 0 heterocycles. The fraction of sp³-hybridized carbons (Fsp3) is 0.588. The zero-order valence-electron chi connectivity index (χ0n) is 13.2. The van der Waals surface area contributed by atoms with Gasteiger partial charge in [0.1, 0.15) is 5.60 Å². The summed E-state index contributed by atoms with van der Waals surface area (Å²) < 4.78 is 5.45. The molecule has 0 aromatic heterocycles. The molecule has 1 atom stereocenters. The smallest absolute Gasteiger partial charge is 0.320 e. The first-order valence-corrected chi connectivity index (χ1v) is 7.87. The maximum absolute atomic E-state index is 12.1. The molecule has 1 aliphatic carbocycles. The van der Waals surface area contributed by atoms with E-state index in [2.05, 4.69) is 11.8 Å². The van der Waals surface area contributed by atoms with Gasteiger partial charge in [0.05, 0.1) is 6.54 Å². The monoisotopic (exact) mass is 309 g/mol. The van der Waals surface area contributed by atoms with Gasteiger partial charge in [-0.05, 0) is 58.2 Å². The van der Waals surface area contributed by atoms with Crippen molar-refractivity contribution in [3.63, 3.8) is 0 Å². The van der Waals surface area contributed by atoms with E-state index in [0.29, 0.717) is 12.6 Å². The number of carbonyl (C=O) groups is 1. The molecule has 0 bridgehead atoms. The molecule has 0 amide bonds. The van der Waals surface area contributed by atoms with Crippen LogP contribution in [0.1, 0.15) is 52.1 Å². The first kappa shape index (κ1) is 16.3. The van der Waals surface area contributed by atoms with Gasteiger partial charge in [-0.3, -0.25) is 9.69 Å². The number of esters is 1. The Morgan fingerprint density at radius 2 is 1.90 bits per heavy atom. The largest absolute Gasteiger partial charge is 0.459 e. The molecule has 21 heavy (non-hydrogen) atoms. The number of carbonyl (C=O) groups excluding carboxylic acids is 1. The summed E-state index contributed by atoms with van der Waals surface area (Å²) in [7, 11) is 0. The Kier molecular flexibility index (Phi) is 4.95. The standard InChI is InChI=1S/C17H24ClNO2/c1-12(13-5-7-14(18)8-6-13)19(15-9-10-15)11-16(20)21-17(2,3)4/h5-8,12,15H,9-11H2,1-4H3. The molecular formula is C17H24ClNO2. The Hall–Kier alpha value is -1.06. The van der Waals surface area contributed by atoms with E-state index < -0.39 is 5.60 Å². The summed E-state index contributed by atoms with van der Waals surface area (Å²) >= 11 is 5.94. The van der Waals surface area contributed by atoms with Gasteiger partial charge in [0.15, 0.2) is 0 Å². The van der Waals surface area contributed by atoms with Gasteiger partial charge < -0.3 is 4.74 Å². The molecule has 0 spiro atoms. The van der Waals surface area contributed by atoms with Crippen LogP contribution in [-0.2, 0) is 9.53 Å². The number of rotatable bonds is 5. The van der Waals surface area contributed by atoms with Crippen molar-refractivity contribution in [1.82, 2.24) is 4.90 Å². The Balaban J connectivity index is 2.05. The molecule has 1 saturated carbocycles. The van der Waals surface area contributed by atoms with Gasteiger partial charge in [-0.15, -0.1) is 0 Å². The van der Waals surface area contributed by atoms with Crippen molar-refractivity contribution in [3.05, 3.63) is 34.9 Å². The van der Waals surface area contributed by atoms with Crippen LogP contribution in [0.5, 0.6) is 0 Å². The highest BCUT2D eigenvalue weighted by atomic mass is 35.5. The molecule has 1 aromatic carbocycles. The molecule has 116 valence electrons. The third kappa shape index (κ3) is 5.01. The SMILES string of the molecule is CC(c1ccc(Cl)cc1)N(CC(=O)OC(C)(C)C)C1CC1. The Morgan fingerprint density at radius 1 is 1.33 bits per heavy atom. The molecule has 0 N–H and O–H groups in total. The average Bonchev–Trinajstić information content (AvgIpc) is 3.18. The van der Waals surface area contributed by atoms with E-state index in [1.54, 1.807) is 0 Å². The van der Waals surface area contributed by atoms with E-state index in [9.17, 15) is 4.79 Å². The lowest BCUT2D eigenvalue weighted by Gasteiger charge is -2.30. The number of benzene rings is 1. The minimum absolute atomic E-state index is 0.157. The number of halogens is 1. The van der Waals surface area contributed by atoms with E-state index in [1.165, 1.54) is 5.56 Å². The van der Waals surface area contributed by atoms with Crippen molar-refractivity contribution >= 4 is 17.6 Å². The van der Waals surface area contributed by atoms with Gasteiger partial charge in [0.25, 0.3) is 0 Å². The second-order valence-electron chi connectivity index (χ2n) is 6.72. The molecule has 1 aromatic rings. The molecule has 4 heteroatoms. The maximum Gasteiger partial charge on any atom is 0.320 e. The molecule has 1 aliphatic rings. The normalized spacial score (nSPS) is 16.9. The van der Waals surface area contributed by atoms with Gasteiger partial charge in [-0.25, -0.2) is 0 Å². The van der Waals surface area contributed by atoms with Gasteiger partial charge in [-0.2, -0.15) is 0 Å². The third-order valence-corrected chi connectivity index (χ3v) is 3.85. The molecule has 3 nitrogen and oxygen atoms in total. The van der Waals surface area contributed by atoms with E-state index in [1.807, 2.05) is 45.0 Å². The molecule has 1 fully saturated rings. The Morgan fingerprint density at radius 3 is 2.38 bits per heavy atom. The minimum Gasteiger partial charge on any atom is -0.459 e. The van der Waals surface area contributed by atoms with Gasteiger partial charge in [-0.1, -0.05) is 23.7 Å². The highest BCUT2D eigenvalue weighted by Crippen LogP contribution is 2.34. The molecule has 0 saturated heterocycles. The average molecular weight is 310 g/mol. The number of hydrogen-bond acceptors (Lipinski definition) is 3. The lowest BCUT2D eigenvalue weighted by atomic mass is 10.1. The summed E-state index contributed by atoms with van der Waals surface area (Å²) in [6.45, 7) is 8.16. The van der Waals surface area contributed by atoms with Crippen molar-refractivity contribution < 1.29 is 9.53 Å². The zero-order valence-corrected chi connectivity index (χ0v) is 14.0. The van der Waals surface area contributed by atoms with Crippen LogP contribution in [0.15, 0.2) is 24.3 Å². The molecular weight excluding hydrogens is 286 g/mol. The lowest BCUT2D eigenvalue weighted by Crippen LogP contribution is -2.37. The predicted molar refractivity (Wildman–Crippen MR) is 85.4 cm³/mol. The highest BCUT2D eigenvalue weighted by molar-refractivity contribution is 6.30. The summed E-state index contributed by atoms with van der Waals surface area (Å²) in [5, 5.41) is 0.732. The van der Waals surface area contributed by atoms with Crippen molar-refractivity contribution in [2.24, 2.45) is 0 Å². The van der Waals surface area contributed by atoms with Crippen LogP contribution in [-0.4, -0.2) is 29.1 Å². The van der Waals surface area contributed by atoms with Crippen LogP contribution >= 0.6 is 11.6 Å². The van der Waals surface area contributed by atoms with E-state index in [0.717, 1.165) is 17.9 Å². The van der Waals surface area contributed by atoms with Crippen molar-refractivity contribution in [2.45, 2.75) is 58.2 Å². The van der Waals surface area contributed by atoms with E-state index in [4.69, 9.17) is 16.3 Å².